The average molecular weight is 485 g/mol. The van der Waals surface area contributed by atoms with Gasteiger partial charge < -0.3 is 24.3 Å². The maximum atomic E-state index is 13.8. The molecular formula is C25H26F2N4O4. The lowest BCUT2D eigenvalue weighted by atomic mass is 10.0. The third-order valence-electron chi connectivity index (χ3n) is 5.98. The van der Waals surface area contributed by atoms with E-state index in [1.54, 1.807) is 19.2 Å². The van der Waals surface area contributed by atoms with Gasteiger partial charge in [-0.3, -0.25) is 0 Å². The molecule has 0 saturated carbocycles. The molecule has 35 heavy (non-hydrogen) atoms. The van der Waals surface area contributed by atoms with Crippen LogP contribution in [0.15, 0.2) is 18.3 Å². The SMILES string of the molecule is Cc1nc(N[C@H](C)c2c#ccc(C(F)F)c2O[C@H]2CCOC2)c2cc(O[C@H]3CCOC3)ncc2n1. The van der Waals surface area contributed by atoms with E-state index in [2.05, 4.69) is 32.4 Å². The summed E-state index contributed by atoms with van der Waals surface area (Å²) in [6, 6.07) is 8.21. The van der Waals surface area contributed by atoms with Crippen molar-refractivity contribution >= 4 is 16.7 Å². The number of pyridine rings is 1. The number of aromatic nitrogens is 3. The van der Waals surface area contributed by atoms with E-state index in [-0.39, 0.29) is 23.5 Å². The van der Waals surface area contributed by atoms with Gasteiger partial charge in [-0.15, -0.1) is 0 Å². The number of ether oxygens (including phenoxy) is 4. The van der Waals surface area contributed by atoms with Crippen LogP contribution in [0.5, 0.6) is 11.6 Å². The van der Waals surface area contributed by atoms with Crippen molar-refractivity contribution in [3.8, 4) is 11.6 Å². The fourth-order valence-corrected chi connectivity index (χ4v) is 4.20. The molecule has 2 aliphatic rings. The van der Waals surface area contributed by atoms with Crippen molar-refractivity contribution < 1.29 is 27.7 Å². The molecule has 0 bridgehead atoms. The van der Waals surface area contributed by atoms with Gasteiger partial charge in [-0.2, -0.15) is 0 Å². The number of rotatable bonds is 8. The highest BCUT2D eigenvalue weighted by molar-refractivity contribution is 5.89. The summed E-state index contributed by atoms with van der Waals surface area (Å²) < 4.78 is 50.3. The molecule has 2 fully saturated rings. The van der Waals surface area contributed by atoms with Crippen LogP contribution < -0.4 is 14.8 Å². The molecule has 0 unspecified atom stereocenters. The van der Waals surface area contributed by atoms with Crippen LogP contribution in [0.3, 0.4) is 0 Å². The fraction of sp³-hybridized carbons (Fsp3) is 0.480. The van der Waals surface area contributed by atoms with Crippen molar-refractivity contribution in [2.24, 2.45) is 0 Å². The molecule has 0 aliphatic carbocycles. The van der Waals surface area contributed by atoms with Crippen molar-refractivity contribution in [1.82, 2.24) is 15.0 Å². The van der Waals surface area contributed by atoms with Crippen molar-refractivity contribution in [1.29, 1.82) is 0 Å². The summed E-state index contributed by atoms with van der Waals surface area (Å²) in [4.78, 5) is 13.4. The van der Waals surface area contributed by atoms with Gasteiger partial charge in [0.05, 0.1) is 55.3 Å². The second-order valence-electron chi connectivity index (χ2n) is 8.64. The smallest absolute Gasteiger partial charge is 0.268 e. The number of fused-ring (bicyclic) bond motifs is 1. The molecule has 0 radical (unpaired) electrons. The van der Waals surface area contributed by atoms with E-state index in [0.717, 1.165) is 6.42 Å². The normalized spacial score (nSPS) is 20.7. The number of halogens is 2. The van der Waals surface area contributed by atoms with Crippen LogP contribution in [0.1, 0.15) is 49.2 Å². The molecule has 3 aromatic rings. The summed E-state index contributed by atoms with van der Waals surface area (Å²) in [5.41, 5.74) is 0.855. The second-order valence-corrected chi connectivity index (χ2v) is 8.64. The largest absolute Gasteiger partial charge is 0.486 e. The van der Waals surface area contributed by atoms with Crippen LogP contribution in [0.2, 0.25) is 0 Å². The fourth-order valence-electron chi connectivity index (χ4n) is 4.20. The predicted octanol–water partition coefficient (Wildman–Crippen LogP) is 4.38. The zero-order valence-electron chi connectivity index (χ0n) is 19.5. The Morgan fingerprint density at radius 3 is 2.54 bits per heavy atom. The zero-order chi connectivity index (χ0) is 24.4. The topological polar surface area (TPSA) is 87.6 Å². The van der Waals surface area contributed by atoms with E-state index in [1.807, 2.05) is 6.92 Å². The Morgan fingerprint density at radius 1 is 1.11 bits per heavy atom. The predicted molar refractivity (Wildman–Crippen MR) is 123 cm³/mol. The molecule has 3 atom stereocenters. The highest BCUT2D eigenvalue weighted by Crippen LogP contribution is 2.37. The number of alkyl halides is 2. The summed E-state index contributed by atoms with van der Waals surface area (Å²) in [5.74, 6) is 1.63. The first-order valence-electron chi connectivity index (χ1n) is 11.6. The quantitative estimate of drug-likeness (QED) is 0.504. The second kappa shape index (κ2) is 10.1. The van der Waals surface area contributed by atoms with Gasteiger partial charge in [0, 0.05) is 30.4 Å². The first-order valence-corrected chi connectivity index (χ1v) is 11.6. The van der Waals surface area contributed by atoms with Gasteiger partial charge in [-0.05, 0) is 13.8 Å². The number of anilines is 1. The minimum atomic E-state index is -2.71. The van der Waals surface area contributed by atoms with E-state index in [1.165, 1.54) is 6.07 Å². The number of nitrogens with one attached hydrogen (secondary N) is 1. The number of nitrogens with zero attached hydrogens (tertiary/aromatic N) is 3. The lowest BCUT2D eigenvalue weighted by Gasteiger charge is -2.22. The summed E-state index contributed by atoms with van der Waals surface area (Å²) in [7, 11) is 0. The van der Waals surface area contributed by atoms with E-state index < -0.39 is 12.5 Å². The molecule has 8 nitrogen and oxygen atoms in total. The molecule has 0 amide bonds. The Hall–Kier alpha value is -3.29. The molecular weight excluding hydrogens is 458 g/mol. The molecule has 5 rings (SSSR count). The first kappa shape index (κ1) is 23.5. The van der Waals surface area contributed by atoms with Crippen LogP contribution in [-0.4, -0.2) is 53.6 Å². The Morgan fingerprint density at radius 2 is 1.86 bits per heavy atom. The van der Waals surface area contributed by atoms with Gasteiger partial charge in [-0.25, -0.2) is 23.7 Å². The number of hydrogen-bond donors (Lipinski definition) is 1. The van der Waals surface area contributed by atoms with Crippen molar-refractivity contribution in [2.45, 2.75) is 51.4 Å². The van der Waals surface area contributed by atoms with E-state index in [4.69, 9.17) is 18.9 Å². The highest BCUT2D eigenvalue weighted by atomic mass is 19.3. The van der Waals surface area contributed by atoms with Crippen molar-refractivity contribution in [2.75, 3.05) is 31.7 Å². The maximum absolute atomic E-state index is 13.8. The third kappa shape index (κ3) is 5.21. The molecule has 184 valence electrons. The van der Waals surface area contributed by atoms with Crippen LogP contribution in [0.4, 0.5) is 14.6 Å². The molecule has 2 aliphatic heterocycles. The van der Waals surface area contributed by atoms with Crippen molar-refractivity contribution in [3.05, 3.63) is 47.4 Å². The van der Waals surface area contributed by atoms with Crippen LogP contribution in [0, 0.1) is 19.1 Å². The van der Waals surface area contributed by atoms with Gasteiger partial charge in [0.1, 0.15) is 29.6 Å². The Kier molecular flexibility index (Phi) is 6.79. The van der Waals surface area contributed by atoms with Gasteiger partial charge in [0.2, 0.25) is 5.88 Å². The maximum Gasteiger partial charge on any atom is 0.268 e. The van der Waals surface area contributed by atoms with Crippen LogP contribution >= 0.6 is 0 Å². The number of hydrogen-bond acceptors (Lipinski definition) is 8. The molecule has 1 N–H and O–H groups in total. The Bertz CT molecular complexity index is 1180. The molecule has 0 spiro atoms. The first-order chi connectivity index (χ1) is 17.0. The summed E-state index contributed by atoms with van der Waals surface area (Å²) >= 11 is 0. The van der Waals surface area contributed by atoms with Crippen LogP contribution in [0.25, 0.3) is 10.9 Å². The molecule has 1 aromatic carbocycles. The molecule has 2 aromatic heterocycles. The summed E-state index contributed by atoms with van der Waals surface area (Å²) in [6.45, 7) is 5.70. The lowest BCUT2D eigenvalue weighted by Crippen LogP contribution is -2.19. The average Bonchev–Trinajstić information content (AvgIpc) is 3.54. The monoisotopic (exact) mass is 484 g/mol. The molecule has 4 heterocycles. The minimum absolute atomic E-state index is 0.0526. The summed E-state index contributed by atoms with van der Waals surface area (Å²) in [6.07, 6.45) is 0.0201. The molecule has 2 saturated heterocycles. The highest BCUT2D eigenvalue weighted by Gasteiger charge is 2.26. The van der Waals surface area contributed by atoms with Gasteiger partial charge in [-0.1, -0.05) is 12.1 Å². The van der Waals surface area contributed by atoms with E-state index in [9.17, 15) is 8.78 Å². The standard InChI is InChI=1S/C25H26F2N4O4/c1-14(18-4-3-5-19(24(26)27)23(18)35-17-7-9-33-13-17)29-25-20-10-22(34-16-6-8-32-12-16)28-11-21(20)30-15(2)31-25/h5,10-11,14,16-17,24H,6-9,12-13H2,1-2H3,(H,29,30,31)/t14-,16+,17+/m1/s1. The van der Waals surface area contributed by atoms with Gasteiger partial charge >= 0.3 is 0 Å². The Labute approximate surface area is 202 Å². The third-order valence-corrected chi connectivity index (χ3v) is 5.98. The summed E-state index contributed by atoms with van der Waals surface area (Å²) in [5, 5.41) is 4.03. The Balaban J connectivity index is 1.46. The van der Waals surface area contributed by atoms with E-state index >= 15 is 0 Å². The zero-order valence-corrected chi connectivity index (χ0v) is 19.5. The van der Waals surface area contributed by atoms with E-state index in [0.29, 0.717) is 66.8 Å². The van der Waals surface area contributed by atoms with Crippen molar-refractivity contribution in [3.63, 3.8) is 0 Å². The van der Waals surface area contributed by atoms with Crippen LogP contribution in [-0.2, 0) is 9.47 Å². The van der Waals surface area contributed by atoms with Gasteiger partial charge in [0.25, 0.3) is 6.43 Å². The lowest BCUT2D eigenvalue weighted by molar-refractivity contribution is 0.123. The molecule has 10 heteroatoms. The number of aryl methyl sites for hydroxylation is 1. The van der Waals surface area contributed by atoms with Gasteiger partial charge in [0.15, 0.2) is 0 Å². The minimum Gasteiger partial charge on any atom is -0.486 e.